The number of para-hydroxylation sites is 1. The Morgan fingerprint density at radius 1 is 1.17 bits per heavy atom. The molecule has 1 saturated heterocycles. The highest BCUT2D eigenvalue weighted by Crippen LogP contribution is 2.30. The normalized spacial score (nSPS) is 17.3. The Kier molecular flexibility index (Phi) is 4.77. The molecule has 0 radical (unpaired) electrons. The summed E-state index contributed by atoms with van der Waals surface area (Å²) in [7, 11) is 0. The van der Waals surface area contributed by atoms with Crippen molar-refractivity contribution in [2.24, 2.45) is 4.99 Å². The van der Waals surface area contributed by atoms with Crippen molar-refractivity contribution in [1.29, 1.82) is 0 Å². The van der Waals surface area contributed by atoms with E-state index in [2.05, 4.69) is 26.2 Å². The summed E-state index contributed by atoms with van der Waals surface area (Å²) in [6.07, 6.45) is 1.50. The minimum Gasteiger partial charge on any atom is -0.300 e. The van der Waals surface area contributed by atoms with Gasteiger partial charge in [-0.15, -0.1) is 0 Å². The number of carbonyl (C=O) groups is 1. The van der Waals surface area contributed by atoms with Crippen LogP contribution in [0, 0.1) is 10.1 Å². The van der Waals surface area contributed by atoms with Crippen LogP contribution in [0.1, 0.15) is 5.56 Å². The van der Waals surface area contributed by atoms with E-state index in [0.29, 0.717) is 21.3 Å². The van der Waals surface area contributed by atoms with E-state index >= 15 is 0 Å². The Bertz CT molecular complexity index is 878. The first-order valence-electron chi connectivity index (χ1n) is 6.81. The van der Waals surface area contributed by atoms with E-state index in [1.54, 1.807) is 18.2 Å². The van der Waals surface area contributed by atoms with Crippen LogP contribution in [0.5, 0.6) is 0 Å². The van der Waals surface area contributed by atoms with Gasteiger partial charge < -0.3 is 5.32 Å². The lowest BCUT2D eigenvalue weighted by atomic mass is 10.1. The number of aliphatic imine (C=N–C) groups is 1. The second-order valence-corrected chi connectivity index (χ2v) is 6.72. The zero-order chi connectivity index (χ0) is 17.1. The van der Waals surface area contributed by atoms with Gasteiger partial charge in [-0.2, -0.15) is 0 Å². The number of nitro benzene ring substituents is 1. The number of nitrogens with one attached hydrogen (secondary N) is 1. The molecule has 24 heavy (non-hydrogen) atoms. The minimum atomic E-state index is -0.471. The highest BCUT2D eigenvalue weighted by Gasteiger charge is 2.25. The summed E-state index contributed by atoms with van der Waals surface area (Å²) in [5, 5.41) is 14.1. The second-order valence-electron chi connectivity index (χ2n) is 4.77. The zero-order valence-corrected chi connectivity index (χ0v) is 14.5. The predicted octanol–water partition coefficient (Wildman–Crippen LogP) is 4.25. The van der Waals surface area contributed by atoms with Gasteiger partial charge in [0.2, 0.25) is 0 Å². The summed E-state index contributed by atoms with van der Waals surface area (Å²) in [6.45, 7) is 0. The summed E-state index contributed by atoms with van der Waals surface area (Å²) in [5.41, 5.74) is 1.04. The molecule has 2 aromatic carbocycles. The van der Waals surface area contributed by atoms with E-state index in [1.807, 2.05) is 24.3 Å². The first kappa shape index (κ1) is 16.4. The number of nitro groups is 1. The lowest BCUT2D eigenvalue weighted by Crippen LogP contribution is -2.19. The van der Waals surface area contributed by atoms with Gasteiger partial charge in [-0.25, -0.2) is 4.99 Å². The van der Waals surface area contributed by atoms with Crippen molar-refractivity contribution in [1.82, 2.24) is 5.32 Å². The van der Waals surface area contributed by atoms with Crippen molar-refractivity contribution in [2.45, 2.75) is 0 Å². The average Bonchev–Trinajstić information content (AvgIpc) is 2.89. The first-order valence-corrected chi connectivity index (χ1v) is 8.42. The van der Waals surface area contributed by atoms with Crippen LogP contribution in [0.25, 0.3) is 6.08 Å². The summed E-state index contributed by atoms with van der Waals surface area (Å²) < 4.78 is 0.937. The van der Waals surface area contributed by atoms with Crippen molar-refractivity contribution in [3.63, 3.8) is 0 Å². The van der Waals surface area contributed by atoms with Crippen LogP contribution in [-0.2, 0) is 4.79 Å². The van der Waals surface area contributed by atoms with Crippen LogP contribution < -0.4 is 5.32 Å². The van der Waals surface area contributed by atoms with Crippen LogP contribution in [-0.4, -0.2) is 16.0 Å². The van der Waals surface area contributed by atoms with Crippen molar-refractivity contribution >= 4 is 56.2 Å². The Hall–Kier alpha value is -2.45. The number of rotatable bonds is 3. The fourth-order valence-electron chi connectivity index (χ4n) is 2.03. The predicted molar refractivity (Wildman–Crippen MR) is 98.0 cm³/mol. The molecule has 0 aliphatic carbocycles. The van der Waals surface area contributed by atoms with Crippen molar-refractivity contribution in [2.75, 3.05) is 0 Å². The largest absolute Gasteiger partial charge is 0.300 e. The lowest BCUT2D eigenvalue weighted by molar-refractivity contribution is -0.385. The molecule has 0 atom stereocenters. The molecule has 3 rings (SSSR count). The topological polar surface area (TPSA) is 84.6 Å². The molecule has 120 valence electrons. The number of amidine groups is 1. The molecule has 1 fully saturated rings. The van der Waals surface area contributed by atoms with Gasteiger partial charge in [0.25, 0.3) is 11.6 Å². The monoisotopic (exact) mass is 403 g/mol. The van der Waals surface area contributed by atoms with Gasteiger partial charge >= 0.3 is 0 Å². The van der Waals surface area contributed by atoms with E-state index in [-0.39, 0.29) is 11.6 Å². The van der Waals surface area contributed by atoms with Gasteiger partial charge in [0.1, 0.15) is 0 Å². The molecule has 6 nitrogen and oxygen atoms in total. The van der Waals surface area contributed by atoms with Crippen LogP contribution in [0.15, 0.2) is 62.9 Å². The second kappa shape index (κ2) is 6.98. The molecule has 1 heterocycles. The SMILES string of the molecule is O=C1NC(=Nc2ccc(Br)cc2)S/C1=C\c1ccccc1[N+](=O)[O-]. The van der Waals surface area contributed by atoms with E-state index in [4.69, 9.17) is 0 Å². The molecular weight excluding hydrogens is 394 g/mol. The first-order chi connectivity index (χ1) is 11.5. The Morgan fingerprint density at radius 3 is 2.58 bits per heavy atom. The van der Waals surface area contributed by atoms with Gasteiger partial charge in [-0.3, -0.25) is 14.9 Å². The highest BCUT2D eigenvalue weighted by atomic mass is 79.9. The Labute approximate surface area is 150 Å². The fourth-order valence-corrected chi connectivity index (χ4v) is 3.13. The van der Waals surface area contributed by atoms with Crippen molar-refractivity contribution in [3.05, 3.63) is 73.6 Å². The molecule has 1 aliphatic rings. The number of carbonyl (C=O) groups excluding carboxylic acids is 1. The van der Waals surface area contributed by atoms with E-state index in [9.17, 15) is 14.9 Å². The summed E-state index contributed by atoms with van der Waals surface area (Å²) in [4.78, 5) is 27.3. The molecule has 0 saturated carbocycles. The minimum absolute atomic E-state index is 0.0447. The van der Waals surface area contributed by atoms with E-state index in [0.717, 1.165) is 16.2 Å². The summed E-state index contributed by atoms with van der Waals surface area (Å²) in [6, 6.07) is 13.6. The number of halogens is 1. The maximum absolute atomic E-state index is 12.1. The number of benzene rings is 2. The third-order valence-corrected chi connectivity index (χ3v) is 4.57. The van der Waals surface area contributed by atoms with Gasteiger partial charge in [-0.05, 0) is 48.2 Å². The molecule has 1 aliphatic heterocycles. The van der Waals surface area contributed by atoms with Gasteiger partial charge in [0.05, 0.1) is 21.1 Å². The molecule has 8 heteroatoms. The zero-order valence-electron chi connectivity index (χ0n) is 12.1. The third kappa shape index (κ3) is 3.72. The van der Waals surface area contributed by atoms with Gasteiger partial charge in [-0.1, -0.05) is 28.1 Å². The van der Waals surface area contributed by atoms with Gasteiger partial charge in [0.15, 0.2) is 5.17 Å². The number of hydrogen-bond donors (Lipinski definition) is 1. The Morgan fingerprint density at radius 2 is 1.88 bits per heavy atom. The average molecular weight is 404 g/mol. The Balaban J connectivity index is 1.88. The standard InChI is InChI=1S/C16H10BrN3O3S/c17-11-5-7-12(8-6-11)18-16-19-15(21)14(24-16)9-10-3-1-2-4-13(10)20(22)23/h1-9H,(H,18,19,21)/b14-9-. The van der Waals surface area contributed by atoms with E-state index < -0.39 is 4.92 Å². The molecular formula is C16H10BrN3O3S. The molecule has 2 aromatic rings. The quantitative estimate of drug-likeness (QED) is 0.471. The molecule has 0 spiro atoms. The maximum atomic E-state index is 12.1. The summed E-state index contributed by atoms with van der Waals surface area (Å²) in [5.74, 6) is -0.325. The number of nitrogens with zero attached hydrogens (tertiary/aromatic N) is 2. The smallest absolute Gasteiger partial charge is 0.276 e. The van der Waals surface area contributed by atoms with Crippen LogP contribution in [0.2, 0.25) is 0 Å². The number of thioether (sulfide) groups is 1. The highest BCUT2D eigenvalue weighted by molar-refractivity contribution is 9.10. The molecule has 1 N–H and O–H groups in total. The van der Waals surface area contributed by atoms with Crippen LogP contribution in [0.3, 0.4) is 0 Å². The molecule has 0 aromatic heterocycles. The maximum Gasteiger partial charge on any atom is 0.276 e. The molecule has 0 bridgehead atoms. The van der Waals surface area contributed by atoms with E-state index in [1.165, 1.54) is 12.1 Å². The molecule has 0 unspecified atom stereocenters. The third-order valence-electron chi connectivity index (χ3n) is 3.13. The lowest BCUT2D eigenvalue weighted by Gasteiger charge is -1.97. The van der Waals surface area contributed by atoms with Crippen LogP contribution >= 0.6 is 27.7 Å². The molecule has 1 amide bonds. The fraction of sp³-hybridized carbons (Fsp3) is 0. The number of hydrogen-bond acceptors (Lipinski definition) is 5. The number of amides is 1. The van der Waals surface area contributed by atoms with Crippen LogP contribution in [0.4, 0.5) is 11.4 Å². The van der Waals surface area contributed by atoms with Crippen molar-refractivity contribution < 1.29 is 9.72 Å². The van der Waals surface area contributed by atoms with Gasteiger partial charge in [0, 0.05) is 10.5 Å². The summed E-state index contributed by atoms with van der Waals surface area (Å²) >= 11 is 4.49. The van der Waals surface area contributed by atoms with Crippen molar-refractivity contribution in [3.8, 4) is 0 Å².